The van der Waals surface area contributed by atoms with E-state index >= 15 is 0 Å². The van der Waals surface area contributed by atoms with E-state index < -0.39 is 17.8 Å². The van der Waals surface area contributed by atoms with E-state index in [9.17, 15) is 10.2 Å². The highest BCUT2D eigenvalue weighted by molar-refractivity contribution is 5.53. The summed E-state index contributed by atoms with van der Waals surface area (Å²) in [5, 5.41) is 21.7. The van der Waals surface area contributed by atoms with E-state index in [4.69, 9.17) is 11.2 Å². The topological polar surface area (TPSA) is 52.9 Å². The molecule has 0 aromatic rings. The minimum Gasteiger partial charge on any atom is -0.386 e. The van der Waals surface area contributed by atoms with Crippen molar-refractivity contribution in [1.29, 1.82) is 0 Å². The number of aliphatic hydroxyl groups excluding tert-OH is 2. The lowest BCUT2D eigenvalue weighted by Crippen LogP contribution is -2.62. The van der Waals surface area contributed by atoms with Crippen LogP contribution in [0.15, 0.2) is 35.5 Å². The minimum atomic E-state index is -0.771. The summed E-state index contributed by atoms with van der Waals surface area (Å²) >= 11 is 0. The molecule has 2 bridgehead atoms. The maximum Gasteiger partial charge on any atom is 0.121 e. The zero-order chi connectivity index (χ0) is 17.4. The van der Waals surface area contributed by atoms with Gasteiger partial charge in [-0.2, -0.15) is 0 Å². The van der Waals surface area contributed by atoms with Crippen molar-refractivity contribution in [3.8, 4) is 12.3 Å². The fourth-order valence-electron chi connectivity index (χ4n) is 6.37. The summed E-state index contributed by atoms with van der Waals surface area (Å²) in [7, 11) is 2.19. The fraction of sp³-hybridized carbons (Fsp3) is 0.619. The van der Waals surface area contributed by atoms with Gasteiger partial charge in [-0.15, -0.1) is 12.3 Å². The predicted octanol–water partition coefficient (Wildman–Crippen LogP) is 1.41. The van der Waals surface area contributed by atoms with Crippen molar-refractivity contribution >= 4 is 0 Å². The van der Waals surface area contributed by atoms with Gasteiger partial charge in [-0.05, 0) is 44.0 Å². The molecule has 2 heterocycles. The molecule has 5 aliphatic rings. The number of rotatable bonds is 2. The van der Waals surface area contributed by atoms with Gasteiger partial charge >= 0.3 is 0 Å². The van der Waals surface area contributed by atoms with Crippen molar-refractivity contribution in [2.75, 3.05) is 13.6 Å². The van der Waals surface area contributed by atoms with Crippen molar-refractivity contribution in [1.82, 2.24) is 4.90 Å². The number of allylic oxidation sites excluding steroid dienone is 1. The largest absolute Gasteiger partial charge is 0.386 e. The van der Waals surface area contributed by atoms with Gasteiger partial charge in [0.2, 0.25) is 0 Å². The summed E-state index contributed by atoms with van der Waals surface area (Å²) in [6.07, 6.45) is 15.1. The Morgan fingerprint density at radius 1 is 1.36 bits per heavy atom. The van der Waals surface area contributed by atoms with Gasteiger partial charge < -0.3 is 19.8 Å². The zero-order valence-electron chi connectivity index (χ0n) is 14.6. The average Bonchev–Trinajstić information content (AvgIpc) is 2.92. The first-order valence-corrected chi connectivity index (χ1v) is 9.33. The van der Waals surface area contributed by atoms with Crippen LogP contribution in [0.1, 0.15) is 25.7 Å². The number of hydrogen-bond donors (Lipinski definition) is 2. The Morgan fingerprint density at radius 3 is 3.00 bits per heavy atom. The highest BCUT2D eigenvalue weighted by Crippen LogP contribution is 2.67. The Hall–Kier alpha value is -1.38. The highest BCUT2D eigenvalue weighted by atomic mass is 16.5. The fourth-order valence-corrected chi connectivity index (χ4v) is 6.37. The molecule has 3 aliphatic carbocycles. The highest BCUT2D eigenvalue weighted by Gasteiger charge is 2.70. The zero-order valence-corrected chi connectivity index (χ0v) is 14.6. The third kappa shape index (κ3) is 1.73. The number of terminal acetylenes is 1. The third-order valence-electron chi connectivity index (χ3n) is 7.36. The van der Waals surface area contributed by atoms with Gasteiger partial charge in [-0.3, -0.25) is 0 Å². The number of likely N-dealkylation sites (tertiary alicyclic amines) is 1. The maximum atomic E-state index is 10.9. The second-order valence-electron chi connectivity index (χ2n) is 8.28. The smallest absolute Gasteiger partial charge is 0.121 e. The summed E-state index contributed by atoms with van der Waals surface area (Å²) in [4.78, 5) is 2.44. The average molecular weight is 339 g/mol. The number of aliphatic hydroxyl groups is 2. The summed E-state index contributed by atoms with van der Waals surface area (Å²) in [6, 6.07) is 0.422. The Balaban J connectivity index is 1.76. The number of hydrogen-bond acceptors (Lipinski definition) is 4. The monoisotopic (exact) mass is 339 g/mol. The first-order valence-electron chi connectivity index (χ1n) is 9.33. The van der Waals surface area contributed by atoms with Gasteiger partial charge in [0.25, 0.3) is 0 Å². The van der Waals surface area contributed by atoms with Gasteiger partial charge in [0.15, 0.2) is 0 Å². The molecule has 5 rings (SSSR count). The third-order valence-corrected chi connectivity index (χ3v) is 7.36. The van der Waals surface area contributed by atoms with Crippen LogP contribution >= 0.6 is 0 Å². The molecule has 0 aromatic heterocycles. The summed E-state index contributed by atoms with van der Waals surface area (Å²) in [5.74, 6) is 3.04. The van der Waals surface area contributed by atoms with Crippen molar-refractivity contribution in [2.45, 2.75) is 55.6 Å². The number of nitrogens with zero attached hydrogens (tertiary/aromatic N) is 1. The molecule has 2 saturated heterocycles. The lowest BCUT2D eigenvalue weighted by Gasteiger charge is -2.58. The van der Waals surface area contributed by atoms with Crippen molar-refractivity contribution < 1.29 is 14.9 Å². The van der Waals surface area contributed by atoms with E-state index in [2.05, 4.69) is 30.0 Å². The normalized spacial score (nSPS) is 49.9. The van der Waals surface area contributed by atoms with Gasteiger partial charge in [-0.25, -0.2) is 0 Å². The minimum absolute atomic E-state index is 0.209. The predicted molar refractivity (Wildman–Crippen MR) is 94.6 cm³/mol. The molecule has 2 N–H and O–H groups in total. The molecule has 0 saturated carbocycles. The lowest BCUT2D eigenvalue weighted by molar-refractivity contribution is -0.143. The standard InChI is InChI=1S/C21H25NO3/c1-3-4-9-21-17(24)8-5-13-12-15-14-6-7-16(23)19(25-21)20(14,18(13)21)10-11-22(15)2/h1,5-8,14-17,19,23-24H,4,9-12H2,2H3/t14-,15+,16-,17?,19-,20-,21?/m0/s1. The molecule has 2 unspecified atom stereocenters. The van der Waals surface area contributed by atoms with Crippen LogP contribution in [0.2, 0.25) is 0 Å². The van der Waals surface area contributed by atoms with Crippen LogP contribution < -0.4 is 0 Å². The van der Waals surface area contributed by atoms with Crippen LogP contribution in [0.25, 0.3) is 0 Å². The molecule has 25 heavy (non-hydrogen) atoms. The molecule has 1 spiro atoms. The number of piperidine rings is 1. The maximum absolute atomic E-state index is 10.9. The van der Waals surface area contributed by atoms with Crippen molar-refractivity contribution in [2.24, 2.45) is 11.3 Å². The van der Waals surface area contributed by atoms with Crippen LogP contribution in [0.4, 0.5) is 0 Å². The molecule has 132 valence electrons. The van der Waals surface area contributed by atoms with E-state index in [1.54, 1.807) is 0 Å². The van der Waals surface area contributed by atoms with Crippen LogP contribution in [-0.2, 0) is 4.74 Å². The lowest BCUT2D eigenvalue weighted by atomic mass is 9.50. The Kier molecular flexibility index (Phi) is 3.22. The van der Waals surface area contributed by atoms with Gasteiger partial charge in [0.05, 0.1) is 12.2 Å². The molecule has 0 radical (unpaired) electrons. The Labute approximate surface area is 148 Å². The Morgan fingerprint density at radius 2 is 2.20 bits per heavy atom. The van der Waals surface area contributed by atoms with Crippen LogP contribution in [-0.4, -0.2) is 58.7 Å². The van der Waals surface area contributed by atoms with E-state index in [-0.39, 0.29) is 11.5 Å². The van der Waals surface area contributed by atoms with Crippen LogP contribution in [0, 0.1) is 23.7 Å². The Bertz CT molecular complexity index is 747. The SMILES string of the molecule is C#CCCC12O[C@H]3[C@@H](O)C=C[C@H]4[C@H]5CC(=C1[C@]43CCN5C)C=CC2O. The van der Waals surface area contributed by atoms with E-state index in [1.165, 1.54) is 11.1 Å². The van der Waals surface area contributed by atoms with Crippen LogP contribution in [0.5, 0.6) is 0 Å². The molecule has 0 amide bonds. The molecule has 4 nitrogen and oxygen atoms in total. The van der Waals surface area contributed by atoms with Crippen molar-refractivity contribution in [3.05, 3.63) is 35.5 Å². The first-order chi connectivity index (χ1) is 12.0. The molecule has 7 atom stereocenters. The summed E-state index contributed by atoms with van der Waals surface area (Å²) < 4.78 is 6.60. The molecule has 2 aliphatic heterocycles. The molecule has 0 aromatic carbocycles. The van der Waals surface area contributed by atoms with Crippen molar-refractivity contribution in [3.63, 3.8) is 0 Å². The van der Waals surface area contributed by atoms with Crippen LogP contribution in [0.3, 0.4) is 0 Å². The molecule has 4 heteroatoms. The van der Waals surface area contributed by atoms with Gasteiger partial charge in [-0.1, -0.05) is 24.3 Å². The quantitative estimate of drug-likeness (QED) is 0.590. The van der Waals surface area contributed by atoms with E-state index in [0.717, 1.165) is 19.4 Å². The second kappa shape index (κ2) is 5.08. The number of ether oxygens (including phenoxy) is 1. The van der Waals surface area contributed by atoms with Gasteiger partial charge in [0.1, 0.15) is 11.7 Å². The molecular formula is C21H25NO3. The first kappa shape index (κ1) is 15.8. The second-order valence-corrected chi connectivity index (χ2v) is 8.28. The van der Waals surface area contributed by atoms with E-state index in [1.807, 2.05) is 12.2 Å². The summed E-state index contributed by atoms with van der Waals surface area (Å²) in [5.41, 5.74) is 1.56. The molecular weight excluding hydrogens is 314 g/mol. The summed E-state index contributed by atoms with van der Waals surface area (Å²) in [6.45, 7) is 0.989. The van der Waals surface area contributed by atoms with Gasteiger partial charge in [0, 0.05) is 23.8 Å². The molecule has 2 fully saturated rings. The van der Waals surface area contributed by atoms with E-state index in [0.29, 0.717) is 24.8 Å².